The van der Waals surface area contributed by atoms with Gasteiger partial charge in [0.05, 0.1) is 26.1 Å². The molecule has 0 aromatic carbocycles. The number of nitrogens with one attached hydrogen (secondary N) is 2. The van der Waals surface area contributed by atoms with Crippen LogP contribution in [0.3, 0.4) is 0 Å². The van der Waals surface area contributed by atoms with Gasteiger partial charge in [-0.25, -0.2) is 12.7 Å². The number of guanidine groups is 1. The largest absolute Gasteiger partial charge is 0.414 e. The Morgan fingerprint density at radius 3 is 2.71 bits per heavy atom. The van der Waals surface area contributed by atoms with Gasteiger partial charge < -0.3 is 9.73 Å². The molecule has 0 saturated carbocycles. The van der Waals surface area contributed by atoms with Gasteiger partial charge in [-0.15, -0.1) is 21.5 Å². The Balaban J connectivity index is 1.71. The van der Waals surface area contributed by atoms with Crippen molar-refractivity contribution in [2.24, 2.45) is 7.05 Å². The summed E-state index contributed by atoms with van der Waals surface area (Å²) in [6.07, 6.45) is 1.63. The molecule has 0 radical (unpaired) electrons. The molecule has 3 aromatic rings. The average Bonchev–Trinajstić information content (AvgIpc) is 3.31. The van der Waals surface area contributed by atoms with E-state index in [9.17, 15) is 8.42 Å². The van der Waals surface area contributed by atoms with Crippen molar-refractivity contribution in [1.29, 1.82) is 5.41 Å². The van der Waals surface area contributed by atoms with Crippen molar-refractivity contribution >= 4 is 38.9 Å². The highest BCUT2D eigenvalue weighted by Crippen LogP contribution is 2.42. The Morgan fingerprint density at radius 1 is 1.36 bits per heavy atom. The number of rotatable bonds is 3. The van der Waals surface area contributed by atoms with E-state index in [0.29, 0.717) is 26.4 Å². The molecule has 148 valence electrons. The molecule has 1 saturated heterocycles. The zero-order valence-corrected chi connectivity index (χ0v) is 17.5. The summed E-state index contributed by atoms with van der Waals surface area (Å²) in [5, 5.41) is 23.4. The maximum absolute atomic E-state index is 12.4. The smallest absolute Gasteiger partial charge is 0.266 e. The molecule has 0 spiro atoms. The molecule has 1 aliphatic rings. The van der Waals surface area contributed by atoms with Crippen molar-refractivity contribution in [3.8, 4) is 22.4 Å². The first-order chi connectivity index (χ1) is 13.1. The first kappa shape index (κ1) is 18.9. The highest BCUT2D eigenvalue weighted by molar-refractivity contribution is 7.89. The summed E-state index contributed by atoms with van der Waals surface area (Å²) in [4.78, 5) is 1.18. The molecule has 4 heterocycles. The molecule has 0 aliphatic carbocycles. The lowest BCUT2D eigenvalue weighted by Gasteiger charge is -2.39. The zero-order valence-electron chi connectivity index (χ0n) is 15.1. The number of aryl methyl sites for hydroxylation is 1. The van der Waals surface area contributed by atoms with Crippen LogP contribution >= 0.6 is 22.9 Å². The number of halogens is 1. The lowest BCUT2D eigenvalue weighted by atomic mass is 10.0. The minimum Gasteiger partial charge on any atom is -0.414 e. The van der Waals surface area contributed by atoms with Gasteiger partial charge in [-0.3, -0.25) is 10.1 Å². The minimum atomic E-state index is -3.64. The molecule has 4 rings (SSSR count). The van der Waals surface area contributed by atoms with Crippen molar-refractivity contribution < 1.29 is 12.8 Å². The number of thiophene rings is 1. The van der Waals surface area contributed by atoms with Gasteiger partial charge in [0.25, 0.3) is 11.8 Å². The molecule has 28 heavy (non-hydrogen) atoms. The maximum Gasteiger partial charge on any atom is 0.266 e. The highest BCUT2D eigenvalue weighted by atomic mass is 35.5. The van der Waals surface area contributed by atoms with E-state index in [1.54, 1.807) is 37.0 Å². The van der Waals surface area contributed by atoms with Gasteiger partial charge in [0, 0.05) is 20.3 Å². The molecule has 1 aliphatic heterocycles. The molecule has 13 heteroatoms. The van der Waals surface area contributed by atoms with Gasteiger partial charge in [0.2, 0.25) is 16.0 Å². The lowest BCUT2D eigenvalue weighted by molar-refractivity contribution is 0.424. The first-order valence-corrected chi connectivity index (χ1v) is 10.9. The molecule has 3 aromatic heterocycles. The fourth-order valence-corrected chi connectivity index (χ4v) is 6.08. The van der Waals surface area contributed by atoms with Crippen LogP contribution in [-0.2, 0) is 22.6 Å². The second-order valence-electron chi connectivity index (χ2n) is 6.57. The summed E-state index contributed by atoms with van der Waals surface area (Å²) in [6.45, 7) is 1.70. The molecule has 1 fully saturated rings. The van der Waals surface area contributed by atoms with E-state index in [4.69, 9.17) is 21.4 Å². The van der Waals surface area contributed by atoms with Gasteiger partial charge in [0.1, 0.15) is 5.69 Å². The van der Waals surface area contributed by atoms with E-state index in [2.05, 4.69) is 20.6 Å². The predicted molar refractivity (Wildman–Crippen MR) is 105 cm³/mol. The topological polar surface area (TPSA) is 130 Å². The summed E-state index contributed by atoms with van der Waals surface area (Å²) in [7, 11) is -0.533. The number of hydrogen-bond acceptors (Lipinski definition) is 8. The molecule has 1 atom stereocenters. The number of nitrogens with zero attached hydrogens (tertiary/aromatic N) is 5. The van der Waals surface area contributed by atoms with Crippen LogP contribution in [-0.4, -0.2) is 51.5 Å². The van der Waals surface area contributed by atoms with Crippen LogP contribution in [0.25, 0.3) is 22.4 Å². The minimum absolute atomic E-state index is 0.212. The molecular weight excluding hydrogens is 426 g/mol. The Bertz CT molecular complexity index is 1180. The number of hydrogen-bond donors (Lipinski definition) is 2. The molecule has 0 unspecified atom stereocenters. The third-order valence-electron chi connectivity index (χ3n) is 4.46. The summed E-state index contributed by atoms with van der Waals surface area (Å²) in [5.74, 6) is 0.136. The van der Waals surface area contributed by atoms with Gasteiger partial charge in [-0.2, -0.15) is 5.10 Å². The van der Waals surface area contributed by atoms with Crippen LogP contribution in [0.1, 0.15) is 11.8 Å². The van der Waals surface area contributed by atoms with E-state index in [1.165, 1.54) is 18.4 Å². The van der Waals surface area contributed by atoms with Crippen molar-refractivity contribution in [3.63, 3.8) is 0 Å². The van der Waals surface area contributed by atoms with E-state index < -0.39 is 15.6 Å². The Morgan fingerprint density at radius 2 is 2.07 bits per heavy atom. The van der Waals surface area contributed by atoms with Crippen molar-refractivity contribution in [3.05, 3.63) is 28.2 Å². The van der Waals surface area contributed by atoms with Crippen LogP contribution in [0.4, 0.5) is 0 Å². The fraction of sp³-hybridized carbons (Fsp3) is 0.333. The Hall–Kier alpha value is -2.44. The van der Waals surface area contributed by atoms with Crippen LogP contribution in [0.5, 0.6) is 0 Å². The van der Waals surface area contributed by atoms with Crippen molar-refractivity contribution in [2.75, 3.05) is 12.8 Å². The van der Waals surface area contributed by atoms with Gasteiger partial charge in [-0.1, -0.05) is 11.6 Å². The summed E-state index contributed by atoms with van der Waals surface area (Å²) in [6, 6.07) is 3.41. The summed E-state index contributed by atoms with van der Waals surface area (Å²) >= 11 is 7.66. The van der Waals surface area contributed by atoms with E-state index >= 15 is 0 Å². The molecule has 10 nitrogen and oxygen atoms in total. The molecule has 2 N–H and O–H groups in total. The van der Waals surface area contributed by atoms with Gasteiger partial charge in [0.15, 0.2) is 0 Å². The second-order valence-corrected chi connectivity index (χ2v) is 10.0. The Labute approximate surface area is 169 Å². The number of sulfonamides is 1. The first-order valence-electron chi connectivity index (χ1n) is 8.06. The average molecular weight is 442 g/mol. The fourth-order valence-electron chi connectivity index (χ4n) is 2.96. The van der Waals surface area contributed by atoms with Crippen LogP contribution < -0.4 is 5.32 Å². The molecular formula is C15H16ClN7O3S2. The third-order valence-corrected chi connectivity index (χ3v) is 8.22. The van der Waals surface area contributed by atoms with E-state index in [1.807, 2.05) is 0 Å². The molecule has 0 amide bonds. The molecule has 0 bridgehead atoms. The van der Waals surface area contributed by atoms with Crippen LogP contribution in [0.15, 0.2) is 22.7 Å². The monoisotopic (exact) mass is 441 g/mol. The highest BCUT2D eigenvalue weighted by Gasteiger charge is 2.44. The van der Waals surface area contributed by atoms with Gasteiger partial charge in [-0.05, 0) is 19.1 Å². The zero-order chi connectivity index (χ0) is 20.3. The van der Waals surface area contributed by atoms with E-state index in [0.717, 1.165) is 4.31 Å². The quantitative estimate of drug-likeness (QED) is 0.634. The maximum atomic E-state index is 12.4. The van der Waals surface area contributed by atoms with Gasteiger partial charge >= 0.3 is 0 Å². The third kappa shape index (κ3) is 2.97. The normalized spacial score (nSPS) is 21.7. The SMILES string of the molecule is CN1C(=N)N[C@](C)(c2sc(-c3nnc(-c4ccnn4C)o3)cc2Cl)CS1(=O)=O. The number of aromatic nitrogens is 4. The summed E-state index contributed by atoms with van der Waals surface area (Å²) in [5.41, 5.74) is -0.377. The van der Waals surface area contributed by atoms with Crippen LogP contribution in [0, 0.1) is 5.41 Å². The van der Waals surface area contributed by atoms with Crippen molar-refractivity contribution in [2.45, 2.75) is 12.5 Å². The van der Waals surface area contributed by atoms with Crippen molar-refractivity contribution in [1.82, 2.24) is 29.6 Å². The van der Waals surface area contributed by atoms with E-state index in [-0.39, 0.29) is 17.6 Å². The predicted octanol–water partition coefficient (Wildman–Crippen LogP) is 1.87. The Kier molecular flexibility index (Phi) is 4.25. The van der Waals surface area contributed by atoms with Crippen LogP contribution in [0.2, 0.25) is 5.02 Å². The second kappa shape index (κ2) is 6.29. The standard InChI is InChI=1S/C15H16ClN7O3S2/c1-15(7-28(24,25)23(3)14(17)19-15)11-8(16)6-10(27-11)13-21-20-12(26-13)9-4-5-18-22(9)2/h4-6H,7H2,1-3H3,(H2,17,19)/t15-/m0/s1. The lowest BCUT2D eigenvalue weighted by Crippen LogP contribution is -2.60. The summed E-state index contributed by atoms with van der Waals surface area (Å²) < 4.78 is 33.1.